The van der Waals surface area contributed by atoms with E-state index in [0.29, 0.717) is 0 Å². The molecule has 0 heterocycles. The second-order valence-corrected chi connectivity index (χ2v) is 3.94. The molecule has 0 amide bonds. The molecule has 0 aliphatic rings. The number of rotatable bonds is 6. The molecular weight excluding hydrogens is 202 g/mol. The number of nitrogens with one attached hydrogen (secondary N) is 1. The molecule has 0 spiro atoms. The summed E-state index contributed by atoms with van der Waals surface area (Å²) >= 11 is 0. The fourth-order valence-corrected chi connectivity index (χ4v) is 1.74. The van der Waals surface area contributed by atoms with Gasteiger partial charge in [0.15, 0.2) is 0 Å². The smallest absolute Gasteiger partial charge is 0.126 e. The van der Waals surface area contributed by atoms with Crippen LogP contribution in [0.3, 0.4) is 0 Å². The van der Waals surface area contributed by atoms with E-state index in [9.17, 15) is 0 Å². The van der Waals surface area contributed by atoms with E-state index in [1.54, 1.807) is 7.11 Å². The summed E-state index contributed by atoms with van der Waals surface area (Å²) in [5.74, 6) is 0.933. The van der Waals surface area contributed by atoms with Crippen molar-refractivity contribution >= 4 is 0 Å². The van der Waals surface area contributed by atoms with Crippen molar-refractivity contribution in [3.8, 4) is 5.75 Å². The Morgan fingerprint density at radius 2 is 2.19 bits per heavy atom. The number of para-hydroxylation sites is 1. The van der Waals surface area contributed by atoms with Gasteiger partial charge < -0.3 is 15.2 Å². The zero-order chi connectivity index (χ0) is 12.0. The summed E-state index contributed by atoms with van der Waals surface area (Å²) in [5, 5.41) is 12.4. The maximum absolute atomic E-state index is 9.09. The summed E-state index contributed by atoms with van der Waals surface area (Å²) < 4.78 is 5.37. The number of ether oxygens (including phenoxy) is 1. The van der Waals surface area contributed by atoms with Crippen molar-refractivity contribution in [3.63, 3.8) is 0 Å². The highest BCUT2D eigenvalue weighted by Gasteiger charge is 2.08. The highest BCUT2D eigenvalue weighted by Crippen LogP contribution is 2.22. The van der Waals surface area contributed by atoms with Gasteiger partial charge in [0.1, 0.15) is 5.75 Å². The Balaban J connectivity index is 2.69. The lowest BCUT2D eigenvalue weighted by Gasteiger charge is -2.16. The Labute approximate surface area is 97.4 Å². The van der Waals surface area contributed by atoms with Crippen LogP contribution in [0.2, 0.25) is 0 Å². The molecule has 1 aromatic rings. The molecule has 1 aromatic carbocycles. The van der Waals surface area contributed by atoms with E-state index in [1.165, 1.54) is 0 Å². The van der Waals surface area contributed by atoms with Crippen LogP contribution in [0.15, 0.2) is 18.2 Å². The van der Waals surface area contributed by atoms with Crippen molar-refractivity contribution in [2.75, 3.05) is 13.7 Å². The van der Waals surface area contributed by atoms with Crippen LogP contribution < -0.4 is 10.1 Å². The Bertz CT molecular complexity index is 322. The molecule has 0 radical (unpaired) electrons. The Morgan fingerprint density at radius 3 is 2.75 bits per heavy atom. The van der Waals surface area contributed by atoms with Gasteiger partial charge >= 0.3 is 0 Å². The predicted molar refractivity (Wildman–Crippen MR) is 65.7 cm³/mol. The fourth-order valence-electron chi connectivity index (χ4n) is 1.74. The first-order chi connectivity index (χ1) is 7.72. The number of aliphatic hydroxyl groups excluding tert-OH is 1. The molecule has 2 N–H and O–H groups in total. The maximum Gasteiger partial charge on any atom is 0.126 e. The monoisotopic (exact) mass is 223 g/mol. The third-order valence-electron chi connectivity index (χ3n) is 2.79. The first-order valence-electron chi connectivity index (χ1n) is 5.69. The normalized spacial score (nSPS) is 12.5. The lowest BCUT2D eigenvalue weighted by Crippen LogP contribution is -2.31. The van der Waals surface area contributed by atoms with Crippen LogP contribution in [-0.4, -0.2) is 24.9 Å². The Hall–Kier alpha value is -1.06. The highest BCUT2D eigenvalue weighted by molar-refractivity contribution is 5.40. The fraction of sp³-hybridized carbons (Fsp3) is 0.538. The van der Waals surface area contributed by atoms with Crippen LogP contribution >= 0.6 is 0 Å². The van der Waals surface area contributed by atoms with Crippen LogP contribution in [0.4, 0.5) is 0 Å². The molecule has 0 fully saturated rings. The van der Waals surface area contributed by atoms with Gasteiger partial charge in [-0.1, -0.05) is 25.1 Å². The second-order valence-electron chi connectivity index (χ2n) is 3.94. The number of aryl methyl sites for hydroxylation is 1. The van der Waals surface area contributed by atoms with E-state index >= 15 is 0 Å². The second kappa shape index (κ2) is 6.51. The van der Waals surface area contributed by atoms with Gasteiger partial charge in [-0.2, -0.15) is 0 Å². The van der Waals surface area contributed by atoms with Crippen molar-refractivity contribution < 1.29 is 9.84 Å². The van der Waals surface area contributed by atoms with Crippen LogP contribution in [0.1, 0.15) is 24.5 Å². The molecule has 0 aliphatic heterocycles. The minimum absolute atomic E-state index is 0.158. The van der Waals surface area contributed by atoms with Gasteiger partial charge in [0, 0.05) is 18.2 Å². The Kier molecular flexibility index (Phi) is 5.29. The number of benzene rings is 1. The molecule has 90 valence electrons. The SMILES string of the molecule is CC[C@@H](CO)NCc1cccc(C)c1OC. The molecule has 1 atom stereocenters. The molecule has 0 aromatic heterocycles. The quantitative estimate of drug-likeness (QED) is 0.773. The lowest BCUT2D eigenvalue weighted by molar-refractivity contribution is 0.238. The predicted octanol–water partition coefficient (Wildman–Crippen LogP) is 1.86. The van der Waals surface area contributed by atoms with Gasteiger partial charge in [0.05, 0.1) is 13.7 Å². The summed E-state index contributed by atoms with van der Waals surface area (Å²) in [6.07, 6.45) is 0.921. The summed E-state index contributed by atoms with van der Waals surface area (Å²) in [5.41, 5.74) is 2.27. The van der Waals surface area contributed by atoms with E-state index in [0.717, 1.165) is 29.8 Å². The lowest BCUT2D eigenvalue weighted by atomic mass is 10.1. The van der Waals surface area contributed by atoms with Gasteiger partial charge in [-0.05, 0) is 18.9 Å². The van der Waals surface area contributed by atoms with Gasteiger partial charge in [-0.25, -0.2) is 0 Å². The first kappa shape index (κ1) is 13.0. The minimum atomic E-state index is 0.158. The van der Waals surface area contributed by atoms with E-state index in [-0.39, 0.29) is 12.6 Å². The average Bonchev–Trinajstić information content (AvgIpc) is 2.30. The largest absolute Gasteiger partial charge is 0.496 e. The molecule has 3 heteroatoms. The van der Waals surface area contributed by atoms with Gasteiger partial charge in [0.2, 0.25) is 0 Å². The molecule has 0 aliphatic carbocycles. The summed E-state index contributed by atoms with van der Waals surface area (Å²) in [4.78, 5) is 0. The number of hydrogen-bond donors (Lipinski definition) is 2. The van der Waals surface area contributed by atoms with E-state index in [4.69, 9.17) is 9.84 Å². The molecular formula is C13H21NO2. The minimum Gasteiger partial charge on any atom is -0.496 e. The highest BCUT2D eigenvalue weighted by atomic mass is 16.5. The zero-order valence-electron chi connectivity index (χ0n) is 10.3. The summed E-state index contributed by atoms with van der Waals surface area (Å²) in [6, 6.07) is 6.26. The molecule has 0 saturated carbocycles. The molecule has 0 unspecified atom stereocenters. The first-order valence-corrected chi connectivity index (χ1v) is 5.69. The van der Waals surface area contributed by atoms with Crippen molar-refractivity contribution in [1.29, 1.82) is 0 Å². The van der Waals surface area contributed by atoms with Crippen LogP contribution in [0, 0.1) is 6.92 Å². The van der Waals surface area contributed by atoms with Crippen LogP contribution in [-0.2, 0) is 6.54 Å². The molecule has 0 bridgehead atoms. The third kappa shape index (κ3) is 3.22. The summed E-state index contributed by atoms with van der Waals surface area (Å²) in [6.45, 7) is 4.99. The van der Waals surface area contributed by atoms with Gasteiger partial charge in [-0.3, -0.25) is 0 Å². The molecule has 3 nitrogen and oxygen atoms in total. The summed E-state index contributed by atoms with van der Waals surface area (Å²) in [7, 11) is 1.69. The molecule has 0 saturated heterocycles. The van der Waals surface area contributed by atoms with Crippen molar-refractivity contribution in [2.24, 2.45) is 0 Å². The molecule has 1 rings (SSSR count). The molecule has 16 heavy (non-hydrogen) atoms. The van der Waals surface area contributed by atoms with Gasteiger partial charge in [0.25, 0.3) is 0 Å². The standard InChI is InChI=1S/C13H21NO2/c1-4-12(9-15)14-8-11-7-5-6-10(2)13(11)16-3/h5-7,12,14-15H,4,8-9H2,1-3H3/t12-/m0/s1. The topological polar surface area (TPSA) is 41.5 Å². The van der Waals surface area contributed by atoms with E-state index < -0.39 is 0 Å². The van der Waals surface area contributed by atoms with E-state index in [1.807, 2.05) is 25.1 Å². The van der Waals surface area contributed by atoms with Gasteiger partial charge in [-0.15, -0.1) is 0 Å². The Morgan fingerprint density at radius 1 is 1.44 bits per heavy atom. The maximum atomic E-state index is 9.09. The number of hydrogen-bond acceptors (Lipinski definition) is 3. The van der Waals surface area contributed by atoms with Crippen LogP contribution in [0.25, 0.3) is 0 Å². The van der Waals surface area contributed by atoms with Crippen molar-refractivity contribution in [1.82, 2.24) is 5.32 Å². The number of methoxy groups -OCH3 is 1. The third-order valence-corrected chi connectivity index (χ3v) is 2.79. The van der Waals surface area contributed by atoms with E-state index in [2.05, 4.69) is 12.2 Å². The zero-order valence-corrected chi connectivity index (χ0v) is 10.3. The van der Waals surface area contributed by atoms with Crippen molar-refractivity contribution in [2.45, 2.75) is 32.9 Å². The average molecular weight is 223 g/mol. The van der Waals surface area contributed by atoms with Crippen LogP contribution in [0.5, 0.6) is 5.75 Å². The van der Waals surface area contributed by atoms with Crippen molar-refractivity contribution in [3.05, 3.63) is 29.3 Å². The number of aliphatic hydroxyl groups is 1.